The van der Waals surface area contributed by atoms with Gasteiger partial charge in [-0.05, 0) is 46.1 Å². The predicted molar refractivity (Wildman–Crippen MR) is 90.3 cm³/mol. The van der Waals surface area contributed by atoms with Gasteiger partial charge in [0.15, 0.2) is 5.01 Å². The lowest BCUT2D eigenvalue weighted by Crippen LogP contribution is -2.41. The van der Waals surface area contributed by atoms with Crippen molar-refractivity contribution in [3.63, 3.8) is 0 Å². The van der Waals surface area contributed by atoms with Gasteiger partial charge in [0.05, 0.1) is 16.0 Å². The van der Waals surface area contributed by atoms with E-state index in [2.05, 4.69) is 4.98 Å². The monoisotopic (exact) mass is 335 g/mol. The summed E-state index contributed by atoms with van der Waals surface area (Å²) in [6, 6.07) is 1.82. The third-order valence-corrected chi connectivity index (χ3v) is 6.14. The molecular weight excluding hydrogens is 317 g/mol. The van der Waals surface area contributed by atoms with Gasteiger partial charge in [-0.15, -0.1) is 11.3 Å². The standard InChI is InChI=1S/C15H18BNO3S2/c1-9-12(16-19-14(2,3)15(4,5)20-16)22-13(17-9)11(18)10-6-7-21-8-10/h6-8H,1-5H3. The Labute approximate surface area is 138 Å². The van der Waals surface area contributed by atoms with E-state index in [0.29, 0.717) is 10.6 Å². The Balaban J connectivity index is 1.90. The second kappa shape index (κ2) is 5.27. The molecule has 116 valence electrons. The molecule has 1 aliphatic rings. The fraction of sp³-hybridized carbons (Fsp3) is 0.467. The van der Waals surface area contributed by atoms with Crippen LogP contribution >= 0.6 is 22.7 Å². The van der Waals surface area contributed by atoms with Crippen LogP contribution in [-0.2, 0) is 9.31 Å². The van der Waals surface area contributed by atoms with Gasteiger partial charge in [0.25, 0.3) is 0 Å². The van der Waals surface area contributed by atoms with Crippen LogP contribution in [0.3, 0.4) is 0 Å². The van der Waals surface area contributed by atoms with Gasteiger partial charge in [-0.3, -0.25) is 4.79 Å². The van der Waals surface area contributed by atoms with Crippen molar-refractivity contribution in [1.29, 1.82) is 0 Å². The van der Waals surface area contributed by atoms with Gasteiger partial charge >= 0.3 is 7.12 Å². The van der Waals surface area contributed by atoms with E-state index in [1.807, 2.05) is 51.4 Å². The molecule has 0 aromatic carbocycles. The molecule has 4 nitrogen and oxygen atoms in total. The first-order chi connectivity index (χ1) is 10.2. The van der Waals surface area contributed by atoms with Crippen molar-refractivity contribution in [2.45, 2.75) is 45.8 Å². The lowest BCUT2D eigenvalue weighted by Gasteiger charge is -2.32. The minimum Gasteiger partial charge on any atom is -0.399 e. The van der Waals surface area contributed by atoms with Gasteiger partial charge in [-0.2, -0.15) is 11.3 Å². The molecule has 22 heavy (non-hydrogen) atoms. The second-order valence-corrected chi connectivity index (χ2v) is 8.21. The van der Waals surface area contributed by atoms with Gasteiger partial charge in [0.1, 0.15) is 0 Å². The zero-order chi connectivity index (χ0) is 16.1. The number of carbonyl (C=O) groups excluding carboxylic acids is 1. The highest BCUT2D eigenvalue weighted by Gasteiger charge is 2.53. The van der Waals surface area contributed by atoms with Crippen molar-refractivity contribution < 1.29 is 14.1 Å². The molecule has 0 amide bonds. The van der Waals surface area contributed by atoms with Crippen LogP contribution in [0.25, 0.3) is 0 Å². The van der Waals surface area contributed by atoms with E-state index >= 15 is 0 Å². The zero-order valence-corrected chi connectivity index (χ0v) is 14.9. The first-order valence-electron chi connectivity index (χ1n) is 7.11. The molecule has 0 spiro atoms. The number of aromatic nitrogens is 1. The quantitative estimate of drug-likeness (QED) is 0.639. The molecule has 1 aliphatic heterocycles. The molecule has 0 saturated carbocycles. The fourth-order valence-corrected chi connectivity index (χ4v) is 3.81. The van der Waals surface area contributed by atoms with Crippen LogP contribution in [0.15, 0.2) is 16.8 Å². The predicted octanol–water partition coefficient (Wildman–Crippen LogP) is 3.04. The number of thiophene rings is 1. The summed E-state index contributed by atoms with van der Waals surface area (Å²) in [4.78, 5) is 16.8. The summed E-state index contributed by atoms with van der Waals surface area (Å²) in [5.74, 6) is -0.0443. The largest absolute Gasteiger partial charge is 0.507 e. The number of thiazole rings is 1. The zero-order valence-electron chi connectivity index (χ0n) is 13.3. The second-order valence-electron chi connectivity index (χ2n) is 6.40. The van der Waals surface area contributed by atoms with Crippen LogP contribution in [-0.4, -0.2) is 29.1 Å². The highest BCUT2D eigenvalue weighted by atomic mass is 32.1. The molecule has 2 aromatic heterocycles. The Morgan fingerprint density at radius 2 is 1.86 bits per heavy atom. The molecule has 3 heterocycles. The molecule has 7 heteroatoms. The first kappa shape index (κ1) is 15.9. The van der Waals surface area contributed by atoms with Crippen LogP contribution < -0.4 is 4.78 Å². The van der Waals surface area contributed by atoms with Crippen molar-refractivity contribution in [2.75, 3.05) is 0 Å². The summed E-state index contributed by atoms with van der Waals surface area (Å²) >= 11 is 2.86. The van der Waals surface area contributed by atoms with Crippen molar-refractivity contribution >= 4 is 40.4 Å². The van der Waals surface area contributed by atoms with Gasteiger partial charge < -0.3 is 9.31 Å². The average Bonchev–Trinajstić information content (AvgIpc) is 3.08. The molecule has 1 fully saturated rings. The lowest BCUT2D eigenvalue weighted by molar-refractivity contribution is 0.00578. The Morgan fingerprint density at radius 3 is 2.41 bits per heavy atom. The number of hydrogen-bond donors (Lipinski definition) is 0. The molecule has 0 radical (unpaired) electrons. The highest BCUT2D eigenvalue weighted by molar-refractivity contribution is 7.24. The van der Waals surface area contributed by atoms with Gasteiger partial charge in [0.2, 0.25) is 5.78 Å². The number of ketones is 1. The average molecular weight is 335 g/mol. The molecule has 1 saturated heterocycles. The van der Waals surface area contributed by atoms with Crippen LogP contribution in [0.4, 0.5) is 0 Å². The summed E-state index contributed by atoms with van der Waals surface area (Å²) < 4.78 is 13.0. The maximum Gasteiger partial charge on any atom is 0.507 e. The SMILES string of the molecule is Cc1nc(C(=O)c2ccsc2)sc1B1OC(C)(C)C(C)(C)O1. The minimum atomic E-state index is -0.466. The molecule has 2 aromatic rings. The van der Waals surface area contributed by atoms with Crippen molar-refractivity contribution in [3.8, 4) is 0 Å². The third kappa shape index (κ3) is 2.56. The van der Waals surface area contributed by atoms with Crippen LogP contribution in [0.2, 0.25) is 0 Å². The number of hydrogen-bond acceptors (Lipinski definition) is 6. The Kier molecular flexibility index (Phi) is 3.80. The van der Waals surface area contributed by atoms with E-state index in [-0.39, 0.29) is 5.78 Å². The lowest BCUT2D eigenvalue weighted by atomic mass is 9.86. The maximum absolute atomic E-state index is 12.4. The summed E-state index contributed by atoms with van der Waals surface area (Å²) in [5.41, 5.74) is 0.679. The van der Waals surface area contributed by atoms with Gasteiger partial charge in [-0.25, -0.2) is 4.98 Å². The summed E-state index contributed by atoms with van der Waals surface area (Å²) in [6.07, 6.45) is 0. The van der Waals surface area contributed by atoms with Crippen LogP contribution in [0, 0.1) is 6.92 Å². The van der Waals surface area contributed by atoms with Crippen molar-refractivity contribution in [3.05, 3.63) is 33.1 Å². The molecular formula is C15H18BNO3S2. The summed E-state index contributed by atoms with van der Waals surface area (Å²) in [5, 5.41) is 4.22. The molecule has 3 rings (SSSR count). The molecule has 0 atom stereocenters. The summed E-state index contributed by atoms with van der Waals surface area (Å²) in [6.45, 7) is 9.95. The van der Waals surface area contributed by atoms with Gasteiger partial charge in [0, 0.05) is 16.6 Å². The normalized spacial score (nSPS) is 19.6. The maximum atomic E-state index is 12.4. The minimum absolute atomic E-state index is 0.0443. The molecule has 0 unspecified atom stereocenters. The van der Waals surface area contributed by atoms with Crippen molar-refractivity contribution in [1.82, 2.24) is 4.98 Å². The third-order valence-electron chi connectivity index (χ3n) is 4.28. The number of nitrogens with zero attached hydrogens (tertiary/aromatic N) is 1. The number of carbonyl (C=O) groups is 1. The van der Waals surface area contributed by atoms with Crippen LogP contribution in [0.1, 0.15) is 48.8 Å². The summed E-state index contributed by atoms with van der Waals surface area (Å²) in [7, 11) is -0.466. The molecule has 0 aliphatic carbocycles. The Bertz CT molecular complexity index is 690. The van der Waals surface area contributed by atoms with E-state index in [1.165, 1.54) is 22.7 Å². The van der Waals surface area contributed by atoms with E-state index in [9.17, 15) is 4.79 Å². The fourth-order valence-electron chi connectivity index (χ4n) is 2.19. The first-order valence-corrected chi connectivity index (χ1v) is 8.87. The van der Waals surface area contributed by atoms with Crippen molar-refractivity contribution in [2.24, 2.45) is 0 Å². The van der Waals surface area contributed by atoms with Crippen LogP contribution in [0.5, 0.6) is 0 Å². The number of rotatable bonds is 3. The Morgan fingerprint density at radius 1 is 1.23 bits per heavy atom. The highest BCUT2D eigenvalue weighted by Crippen LogP contribution is 2.37. The topological polar surface area (TPSA) is 48.4 Å². The van der Waals surface area contributed by atoms with E-state index in [4.69, 9.17) is 9.31 Å². The smallest absolute Gasteiger partial charge is 0.399 e. The van der Waals surface area contributed by atoms with E-state index in [0.717, 1.165) is 10.5 Å². The number of aryl methyl sites for hydroxylation is 1. The van der Waals surface area contributed by atoms with E-state index < -0.39 is 18.3 Å². The van der Waals surface area contributed by atoms with Gasteiger partial charge in [-0.1, -0.05) is 0 Å². The molecule has 0 bridgehead atoms. The van der Waals surface area contributed by atoms with E-state index in [1.54, 1.807) is 0 Å². The molecule has 0 N–H and O–H groups in total. The Hall–Kier alpha value is -1.02.